The van der Waals surface area contributed by atoms with Gasteiger partial charge < -0.3 is 15.2 Å². The zero-order chi connectivity index (χ0) is 15.5. The lowest BCUT2D eigenvalue weighted by molar-refractivity contribution is 0.585. The fourth-order valence-electron chi connectivity index (χ4n) is 2.84. The number of aromatic amines is 1. The Morgan fingerprint density at radius 2 is 1.65 bits per heavy atom. The van der Waals surface area contributed by atoms with Crippen molar-refractivity contribution in [3.05, 3.63) is 54.9 Å². The standard InChI is InChI=1S/C18H19N5/c1-2-4-14(5-3-1)16-13-21-18(22-16)15-6-7-17(20-12-15)23-10-8-19-9-11-23/h1-7,12-13,19H,8-11H2,(H,21,22). The van der Waals surface area contributed by atoms with E-state index in [2.05, 4.69) is 49.4 Å². The molecule has 0 unspecified atom stereocenters. The van der Waals surface area contributed by atoms with Crippen molar-refractivity contribution in [1.82, 2.24) is 20.3 Å². The van der Waals surface area contributed by atoms with Gasteiger partial charge in [-0.1, -0.05) is 30.3 Å². The molecule has 1 aromatic carbocycles. The van der Waals surface area contributed by atoms with E-state index in [1.165, 1.54) is 0 Å². The maximum Gasteiger partial charge on any atom is 0.139 e. The molecule has 1 saturated heterocycles. The van der Waals surface area contributed by atoms with Crippen LogP contribution in [0.1, 0.15) is 0 Å². The van der Waals surface area contributed by atoms with E-state index in [-0.39, 0.29) is 0 Å². The predicted molar refractivity (Wildman–Crippen MR) is 92.3 cm³/mol. The summed E-state index contributed by atoms with van der Waals surface area (Å²) in [4.78, 5) is 14.8. The number of benzene rings is 1. The molecule has 0 aliphatic carbocycles. The van der Waals surface area contributed by atoms with E-state index in [1.807, 2.05) is 30.6 Å². The zero-order valence-corrected chi connectivity index (χ0v) is 12.9. The molecular weight excluding hydrogens is 286 g/mol. The highest BCUT2D eigenvalue weighted by atomic mass is 15.2. The Labute approximate surface area is 135 Å². The summed E-state index contributed by atoms with van der Waals surface area (Å²) in [7, 11) is 0. The lowest BCUT2D eigenvalue weighted by Crippen LogP contribution is -2.43. The van der Waals surface area contributed by atoms with Crippen LogP contribution in [-0.2, 0) is 0 Å². The molecule has 23 heavy (non-hydrogen) atoms. The van der Waals surface area contributed by atoms with E-state index in [0.717, 1.165) is 54.6 Å². The number of nitrogens with one attached hydrogen (secondary N) is 2. The maximum absolute atomic E-state index is 4.60. The Balaban J connectivity index is 1.55. The summed E-state index contributed by atoms with van der Waals surface area (Å²) >= 11 is 0. The van der Waals surface area contributed by atoms with Gasteiger partial charge in [-0.2, -0.15) is 0 Å². The van der Waals surface area contributed by atoms with Crippen molar-refractivity contribution in [2.45, 2.75) is 0 Å². The van der Waals surface area contributed by atoms with Gasteiger partial charge in [0.25, 0.3) is 0 Å². The number of rotatable bonds is 3. The fourth-order valence-corrected chi connectivity index (χ4v) is 2.84. The lowest BCUT2D eigenvalue weighted by Gasteiger charge is -2.28. The van der Waals surface area contributed by atoms with Crippen molar-refractivity contribution >= 4 is 5.82 Å². The van der Waals surface area contributed by atoms with Gasteiger partial charge in [-0.05, 0) is 17.7 Å². The second-order valence-electron chi connectivity index (χ2n) is 5.65. The quantitative estimate of drug-likeness (QED) is 0.781. The van der Waals surface area contributed by atoms with Gasteiger partial charge in [0.2, 0.25) is 0 Å². The number of anilines is 1. The number of hydrogen-bond donors (Lipinski definition) is 2. The molecule has 2 aromatic heterocycles. The van der Waals surface area contributed by atoms with E-state index in [1.54, 1.807) is 0 Å². The summed E-state index contributed by atoms with van der Waals surface area (Å²) in [6.45, 7) is 4.04. The van der Waals surface area contributed by atoms with E-state index >= 15 is 0 Å². The summed E-state index contributed by atoms with van der Waals surface area (Å²) in [5.74, 6) is 1.88. The topological polar surface area (TPSA) is 56.8 Å². The molecule has 0 bridgehead atoms. The van der Waals surface area contributed by atoms with Crippen LogP contribution >= 0.6 is 0 Å². The average Bonchev–Trinajstić information content (AvgIpc) is 3.14. The van der Waals surface area contributed by atoms with E-state index in [0.29, 0.717) is 0 Å². The molecule has 3 aromatic rings. The molecule has 5 nitrogen and oxygen atoms in total. The summed E-state index contributed by atoms with van der Waals surface area (Å²) in [5.41, 5.74) is 3.16. The first-order valence-electron chi connectivity index (χ1n) is 7.93. The molecule has 1 fully saturated rings. The van der Waals surface area contributed by atoms with Crippen LogP contribution in [0.25, 0.3) is 22.6 Å². The number of aromatic nitrogens is 3. The summed E-state index contributed by atoms with van der Waals surface area (Å²) in [5, 5.41) is 3.36. The van der Waals surface area contributed by atoms with Gasteiger partial charge in [-0.3, -0.25) is 0 Å². The highest BCUT2D eigenvalue weighted by Crippen LogP contribution is 2.22. The van der Waals surface area contributed by atoms with E-state index in [9.17, 15) is 0 Å². The van der Waals surface area contributed by atoms with Crippen LogP contribution in [0.5, 0.6) is 0 Å². The van der Waals surface area contributed by atoms with Crippen LogP contribution in [-0.4, -0.2) is 41.1 Å². The fraction of sp³-hybridized carbons (Fsp3) is 0.222. The van der Waals surface area contributed by atoms with Crippen molar-refractivity contribution in [3.8, 4) is 22.6 Å². The van der Waals surface area contributed by atoms with Crippen molar-refractivity contribution in [1.29, 1.82) is 0 Å². The minimum absolute atomic E-state index is 0.850. The first kappa shape index (κ1) is 14.0. The van der Waals surface area contributed by atoms with Crippen LogP contribution in [0.3, 0.4) is 0 Å². The van der Waals surface area contributed by atoms with Crippen LogP contribution in [0.15, 0.2) is 54.9 Å². The second-order valence-corrected chi connectivity index (χ2v) is 5.65. The highest BCUT2D eigenvalue weighted by Gasteiger charge is 2.12. The second kappa shape index (κ2) is 6.22. The molecule has 1 aliphatic heterocycles. The number of hydrogen-bond acceptors (Lipinski definition) is 4. The molecule has 3 heterocycles. The highest BCUT2D eigenvalue weighted by molar-refractivity contribution is 5.64. The van der Waals surface area contributed by atoms with Crippen molar-refractivity contribution in [3.63, 3.8) is 0 Å². The Kier molecular flexibility index (Phi) is 3.78. The molecule has 1 aliphatic rings. The third-order valence-electron chi connectivity index (χ3n) is 4.12. The number of pyridine rings is 1. The largest absolute Gasteiger partial charge is 0.354 e. The minimum atomic E-state index is 0.850. The molecule has 0 atom stereocenters. The van der Waals surface area contributed by atoms with Crippen LogP contribution in [0.4, 0.5) is 5.82 Å². The van der Waals surface area contributed by atoms with Crippen LogP contribution in [0, 0.1) is 0 Å². The molecule has 0 spiro atoms. The summed E-state index contributed by atoms with van der Waals surface area (Å²) < 4.78 is 0. The molecule has 5 heteroatoms. The van der Waals surface area contributed by atoms with Crippen LogP contribution < -0.4 is 10.2 Å². The molecule has 4 rings (SSSR count). The molecule has 0 saturated carbocycles. The molecule has 116 valence electrons. The third kappa shape index (κ3) is 2.96. The van der Waals surface area contributed by atoms with Gasteiger partial charge in [0.1, 0.15) is 11.6 Å². The Morgan fingerprint density at radius 1 is 0.826 bits per heavy atom. The van der Waals surface area contributed by atoms with Gasteiger partial charge >= 0.3 is 0 Å². The van der Waals surface area contributed by atoms with E-state index in [4.69, 9.17) is 0 Å². The molecular formula is C18H19N5. The average molecular weight is 305 g/mol. The molecule has 0 amide bonds. The first-order chi connectivity index (χ1) is 11.4. The smallest absolute Gasteiger partial charge is 0.139 e. The first-order valence-corrected chi connectivity index (χ1v) is 7.93. The zero-order valence-electron chi connectivity index (χ0n) is 12.9. The molecule has 2 N–H and O–H groups in total. The Bertz CT molecular complexity index is 758. The van der Waals surface area contributed by atoms with Gasteiger partial charge in [0.15, 0.2) is 0 Å². The predicted octanol–water partition coefficient (Wildman–Crippen LogP) is 2.55. The number of imidazole rings is 1. The van der Waals surface area contributed by atoms with Gasteiger partial charge in [-0.15, -0.1) is 0 Å². The van der Waals surface area contributed by atoms with Crippen molar-refractivity contribution < 1.29 is 0 Å². The SMILES string of the molecule is c1ccc(-c2cnc(-c3ccc(N4CCNCC4)nc3)[nH]2)cc1. The van der Waals surface area contributed by atoms with Crippen LogP contribution in [0.2, 0.25) is 0 Å². The summed E-state index contributed by atoms with van der Waals surface area (Å²) in [6.07, 6.45) is 3.76. The van der Waals surface area contributed by atoms with Crippen molar-refractivity contribution in [2.75, 3.05) is 31.1 Å². The normalized spacial score (nSPS) is 14.9. The van der Waals surface area contributed by atoms with E-state index < -0.39 is 0 Å². The number of nitrogens with zero attached hydrogens (tertiary/aromatic N) is 3. The van der Waals surface area contributed by atoms with Gasteiger partial charge in [0.05, 0.1) is 11.9 Å². The Morgan fingerprint density at radius 3 is 2.39 bits per heavy atom. The Hall–Kier alpha value is -2.66. The van der Waals surface area contributed by atoms with Gasteiger partial charge in [0, 0.05) is 37.9 Å². The molecule has 0 radical (unpaired) electrons. The third-order valence-corrected chi connectivity index (χ3v) is 4.12. The lowest BCUT2D eigenvalue weighted by atomic mass is 10.2. The minimum Gasteiger partial charge on any atom is -0.354 e. The summed E-state index contributed by atoms with van der Waals surface area (Å²) in [6, 6.07) is 14.4. The number of H-pyrrole nitrogens is 1. The van der Waals surface area contributed by atoms with Gasteiger partial charge in [-0.25, -0.2) is 9.97 Å². The maximum atomic E-state index is 4.60. The van der Waals surface area contributed by atoms with Crippen molar-refractivity contribution in [2.24, 2.45) is 0 Å². The monoisotopic (exact) mass is 305 g/mol. The number of piperazine rings is 1.